The van der Waals surface area contributed by atoms with Crippen LogP contribution in [0.5, 0.6) is 5.75 Å². The molecule has 3 aromatic rings. The smallest absolute Gasteiger partial charge is 0.259 e. The zero-order valence-corrected chi connectivity index (χ0v) is 11.4. The molecular formula is C15H11ClN2O2. The van der Waals surface area contributed by atoms with Crippen molar-refractivity contribution in [2.75, 3.05) is 0 Å². The number of aromatic nitrogens is 2. The molecule has 0 aliphatic rings. The summed E-state index contributed by atoms with van der Waals surface area (Å²) in [5.41, 5.74) is 2.47. The van der Waals surface area contributed by atoms with Crippen LogP contribution in [0.4, 0.5) is 0 Å². The van der Waals surface area contributed by atoms with Gasteiger partial charge in [-0.15, -0.1) is 0 Å². The number of rotatable bonds is 2. The molecule has 100 valence electrons. The van der Waals surface area contributed by atoms with Gasteiger partial charge in [-0.2, -0.15) is 4.98 Å². The van der Waals surface area contributed by atoms with E-state index in [2.05, 4.69) is 10.1 Å². The fourth-order valence-corrected chi connectivity index (χ4v) is 2.14. The van der Waals surface area contributed by atoms with Crippen molar-refractivity contribution >= 4 is 11.6 Å². The molecule has 2 aromatic carbocycles. The van der Waals surface area contributed by atoms with E-state index in [0.29, 0.717) is 16.4 Å². The lowest BCUT2D eigenvalue weighted by Gasteiger charge is -1.99. The Hall–Kier alpha value is -2.33. The molecule has 5 heteroatoms. The molecule has 0 spiro atoms. The minimum Gasteiger partial charge on any atom is -0.508 e. The summed E-state index contributed by atoms with van der Waals surface area (Å²) in [4.78, 5) is 4.34. The number of hydrogen-bond donors (Lipinski definition) is 1. The highest BCUT2D eigenvalue weighted by atomic mass is 35.5. The normalized spacial score (nSPS) is 10.7. The Kier molecular flexibility index (Phi) is 3.16. The molecule has 1 N–H and O–H groups in total. The minimum absolute atomic E-state index is 0.0973. The van der Waals surface area contributed by atoms with Crippen molar-refractivity contribution in [2.24, 2.45) is 0 Å². The molecule has 3 rings (SSSR count). The molecule has 0 amide bonds. The summed E-state index contributed by atoms with van der Waals surface area (Å²) in [6, 6.07) is 12.4. The van der Waals surface area contributed by atoms with E-state index < -0.39 is 0 Å². The second kappa shape index (κ2) is 4.98. The number of benzene rings is 2. The molecule has 0 atom stereocenters. The summed E-state index contributed by atoms with van der Waals surface area (Å²) in [5, 5.41) is 13.9. The van der Waals surface area contributed by atoms with E-state index in [0.717, 1.165) is 11.1 Å². The molecule has 0 bridgehead atoms. The van der Waals surface area contributed by atoms with Gasteiger partial charge in [0.25, 0.3) is 5.89 Å². The summed E-state index contributed by atoms with van der Waals surface area (Å²) in [5.74, 6) is 0.877. The molecule has 0 fully saturated rings. The predicted octanol–water partition coefficient (Wildman–Crippen LogP) is 4.07. The monoisotopic (exact) mass is 286 g/mol. The Balaban J connectivity index is 2.07. The molecule has 0 unspecified atom stereocenters. The third kappa shape index (κ3) is 2.26. The van der Waals surface area contributed by atoms with Crippen LogP contribution in [-0.4, -0.2) is 15.2 Å². The Bertz CT molecular complexity index is 768. The number of phenolic OH excluding ortho intramolecular Hbond substituents is 1. The van der Waals surface area contributed by atoms with Gasteiger partial charge in [-0.25, -0.2) is 0 Å². The first-order valence-electron chi connectivity index (χ1n) is 6.04. The van der Waals surface area contributed by atoms with Crippen molar-refractivity contribution in [1.82, 2.24) is 10.1 Å². The van der Waals surface area contributed by atoms with E-state index in [-0.39, 0.29) is 11.6 Å². The fourth-order valence-electron chi connectivity index (χ4n) is 1.94. The van der Waals surface area contributed by atoms with Crippen molar-refractivity contribution in [1.29, 1.82) is 0 Å². The van der Waals surface area contributed by atoms with Gasteiger partial charge in [-0.1, -0.05) is 41.0 Å². The van der Waals surface area contributed by atoms with E-state index in [1.54, 1.807) is 6.07 Å². The van der Waals surface area contributed by atoms with Crippen LogP contribution < -0.4 is 0 Å². The number of hydrogen-bond acceptors (Lipinski definition) is 4. The Labute approximate surface area is 120 Å². The quantitative estimate of drug-likeness (QED) is 0.771. The zero-order chi connectivity index (χ0) is 14.1. The third-order valence-corrected chi connectivity index (χ3v) is 3.32. The van der Waals surface area contributed by atoms with Crippen LogP contribution in [0, 0.1) is 6.92 Å². The summed E-state index contributed by atoms with van der Waals surface area (Å²) in [7, 11) is 0. The standard InChI is InChI=1S/C15H11ClN2O2/c1-9-4-2-3-5-11(9)14-17-15(20-18-14)12-8-10(19)6-7-13(12)16/h2-8,19H,1H3. The maximum absolute atomic E-state index is 9.52. The van der Waals surface area contributed by atoms with Gasteiger partial charge in [0.15, 0.2) is 0 Å². The minimum atomic E-state index is 0.0973. The Morgan fingerprint density at radius 3 is 2.70 bits per heavy atom. The number of aryl methyl sites for hydroxylation is 1. The first kappa shape index (κ1) is 12.7. The molecule has 20 heavy (non-hydrogen) atoms. The Morgan fingerprint density at radius 1 is 1.10 bits per heavy atom. The van der Waals surface area contributed by atoms with Crippen molar-refractivity contribution in [3.8, 4) is 28.6 Å². The molecule has 0 saturated carbocycles. The van der Waals surface area contributed by atoms with Gasteiger partial charge in [0, 0.05) is 5.56 Å². The molecule has 0 aliphatic heterocycles. The molecule has 1 heterocycles. The topological polar surface area (TPSA) is 59.2 Å². The van der Waals surface area contributed by atoms with Gasteiger partial charge < -0.3 is 9.63 Å². The van der Waals surface area contributed by atoms with Gasteiger partial charge in [-0.3, -0.25) is 0 Å². The maximum atomic E-state index is 9.52. The highest BCUT2D eigenvalue weighted by molar-refractivity contribution is 6.33. The van der Waals surface area contributed by atoms with Crippen molar-refractivity contribution in [3.05, 3.63) is 53.1 Å². The van der Waals surface area contributed by atoms with Crippen LogP contribution in [0.3, 0.4) is 0 Å². The van der Waals surface area contributed by atoms with Gasteiger partial charge >= 0.3 is 0 Å². The van der Waals surface area contributed by atoms with Crippen LogP contribution in [0.2, 0.25) is 5.02 Å². The zero-order valence-electron chi connectivity index (χ0n) is 10.7. The van der Waals surface area contributed by atoms with Crippen LogP contribution in [0.15, 0.2) is 47.0 Å². The SMILES string of the molecule is Cc1ccccc1-c1noc(-c2cc(O)ccc2Cl)n1. The van der Waals surface area contributed by atoms with Crippen molar-refractivity contribution in [2.45, 2.75) is 6.92 Å². The van der Waals surface area contributed by atoms with E-state index in [1.165, 1.54) is 12.1 Å². The average Bonchev–Trinajstić information content (AvgIpc) is 2.91. The van der Waals surface area contributed by atoms with Crippen molar-refractivity contribution in [3.63, 3.8) is 0 Å². The predicted molar refractivity (Wildman–Crippen MR) is 76.6 cm³/mol. The largest absolute Gasteiger partial charge is 0.508 e. The van der Waals surface area contributed by atoms with Gasteiger partial charge in [-0.05, 0) is 30.7 Å². The van der Waals surface area contributed by atoms with Gasteiger partial charge in [0.05, 0.1) is 10.6 Å². The second-order valence-electron chi connectivity index (χ2n) is 4.40. The molecule has 0 saturated heterocycles. The summed E-state index contributed by atoms with van der Waals surface area (Å²) < 4.78 is 5.24. The second-order valence-corrected chi connectivity index (χ2v) is 4.81. The highest BCUT2D eigenvalue weighted by Gasteiger charge is 2.15. The van der Waals surface area contributed by atoms with E-state index >= 15 is 0 Å². The van der Waals surface area contributed by atoms with Crippen LogP contribution >= 0.6 is 11.6 Å². The molecular weight excluding hydrogens is 276 g/mol. The van der Waals surface area contributed by atoms with E-state index in [4.69, 9.17) is 16.1 Å². The van der Waals surface area contributed by atoms with Crippen LogP contribution in [0.1, 0.15) is 5.56 Å². The first-order valence-corrected chi connectivity index (χ1v) is 6.41. The van der Waals surface area contributed by atoms with Crippen molar-refractivity contribution < 1.29 is 9.63 Å². The van der Waals surface area contributed by atoms with E-state index in [1.807, 2.05) is 31.2 Å². The average molecular weight is 287 g/mol. The Morgan fingerprint density at radius 2 is 1.90 bits per heavy atom. The molecule has 1 aromatic heterocycles. The van der Waals surface area contributed by atoms with E-state index in [9.17, 15) is 5.11 Å². The summed E-state index contributed by atoms with van der Waals surface area (Å²) in [6.07, 6.45) is 0. The number of halogens is 1. The first-order chi connectivity index (χ1) is 9.65. The van der Waals surface area contributed by atoms with Crippen LogP contribution in [0.25, 0.3) is 22.8 Å². The molecule has 4 nitrogen and oxygen atoms in total. The molecule has 0 radical (unpaired) electrons. The fraction of sp³-hybridized carbons (Fsp3) is 0.0667. The number of phenols is 1. The lowest BCUT2D eigenvalue weighted by Crippen LogP contribution is -1.85. The lowest BCUT2D eigenvalue weighted by atomic mass is 10.1. The van der Waals surface area contributed by atoms with Gasteiger partial charge in [0.1, 0.15) is 5.75 Å². The third-order valence-electron chi connectivity index (χ3n) is 2.99. The van der Waals surface area contributed by atoms with Crippen LogP contribution in [-0.2, 0) is 0 Å². The lowest BCUT2D eigenvalue weighted by molar-refractivity contribution is 0.431. The number of nitrogens with zero attached hydrogens (tertiary/aromatic N) is 2. The molecule has 0 aliphatic carbocycles. The number of aromatic hydroxyl groups is 1. The summed E-state index contributed by atoms with van der Waals surface area (Å²) in [6.45, 7) is 1.98. The van der Waals surface area contributed by atoms with Gasteiger partial charge in [0.2, 0.25) is 5.82 Å². The maximum Gasteiger partial charge on any atom is 0.259 e. The highest BCUT2D eigenvalue weighted by Crippen LogP contribution is 2.31. The summed E-state index contributed by atoms with van der Waals surface area (Å²) >= 11 is 6.08.